The van der Waals surface area contributed by atoms with Gasteiger partial charge >= 0.3 is 0 Å². The third-order valence-electron chi connectivity index (χ3n) is 8.09. The first-order valence-corrected chi connectivity index (χ1v) is 17.3. The van der Waals surface area contributed by atoms with Crippen LogP contribution < -0.4 is 10.7 Å². The van der Waals surface area contributed by atoms with Crippen LogP contribution in [0, 0.1) is 0 Å². The Kier molecular flexibility index (Phi) is 21.4. The van der Waals surface area contributed by atoms with Gasteiger partial charge in [-0.2, -0.15) is 0 Å². The molecule has 2 rings (SSSR count). The van der Waals surface area contributed by atoms with Crippen LogP contribution in [0.1, 0.15) is 142 Å². The number of allylic oxidation sites excluding steroid dienone is 1. The van der Waals surface area contributed by atoms with Crippen molar-refractivity contribution < 1.29 is 0 Å². The standard InChI is InChI=1S/C36H63N4/c1-3-5-7-9-15-19-27-37-35-23-31-39(32-24-35)29-21-17-13-11-12-14-18-22-30-40-33-25-36(26-34-40)38-28-20-16-10-8-6-4-2/h23-26,31-33H,3-22,27-30,34H2,1-2H3/q+1. The summed E-state index contributed by atoms with van der Waals surface area (Å²) in [6.07, 6.45) is 38.0. The van der Waals surface area contributed by atoms with Gasteiger partial charge in [-0.1, -0.05) is 110 Å². The third kappa shape index (κ3) is 18.5. The van der Waals surface area contributed by atoms with Crippen molar-refractivity contribution in [2.45, 2.75) is 149 Å². The van der Waals surface area contributed by atoms with E-state index in [1.807, 2.05) is 0 Å². The lowest BCUT2D eigenvalue weighted by atomic mass is 10.1. The predicted molar refractivity (Wildman–Crippen MR) is 174 cm³/mol. The highest BCUT2D eigenvalue weighted by atomic mass is 15.1. The van der Waals surface area contributed by atoms with Gasteiger partial charge in [-0.15, -0.1) is 0 Å². The van der Waals surface area contributed by atoms with E-state index in [9.17, 15) is 0 Å². The van der Waals surface area contributed by atoms with Crippen LogP contribution in [0.4, 0.5) is 0 Å². The van der Waals surface area contributed by atoms with E-state index in [1.165, 1.54) is 141 Å². The first-order chi connectivity index (χ1) is 19.8. The zero-order chi connectivity index (χ0) is 28.4. The fourth-order valence-electron chi connectivity index (χ4n) is 5.38. The van der Waals surface area contributed by atoms with Gasteiger partial charge in [0.15, 0.2) is 6.54 Å². The molecule has 0 N–H and O–H groups in total. The minimum Gasteiger partial charge on any atom is -0.373 e. The molecule has 0 bridgehead atoms. The summed E-state index contributed by atoms with van der Waals surface area (Å²) in [4.78, 5) is 7.18. The smallest absolute Gasteiger partial charge is 0.244 e. The van der Waals surface area contributed by atoms with Crippen LogP contribution in [0.25, 0.3) is 0 Å². The Morgan fingerprint density at radius 3 is 1.80 bits per heavy atom. The van der Waals surface area contributed by atoms with Crippen LogP contribution in [0.2, 0.25) is 0 Å². The number of nitrogens with zero attached hydrogens (tertiary/aromatic N) is 4. The molecule has 1 aromatic heterocycles. The van der Waals surface area contributed by atoms with E-state index in [0.29, 0.717) is 0 Å². The Labute approximate surface area is 248 Å². The first kappa shape index (κ1) is 34.4. The van der Waals surface area contributed by atoms with E-state index in [2.05, 4.69) is 66.2 Å². The van der Waals surface area contributed by atoms with Crippen LogP contribution in [0.3, 0.4) is 0 Å². The Hall–Kier alpha value is -1.81. The minimum atomic E-state index is 0.972. The highest BCUT2D eigenvalue weighted by Gasteiger charge is 2.14. The normalized spacial score (nSPS) is 13.2. The van der Waals surface area contributed by atoms with Crippen LogP contribution in [0.5, 0.6) is 0 Å². The lowest BCUT2D eigenvalue weighted by Crippen LogP contribution is -2.23. The zero-order valence-corrected chi connectivity index (χ0v) is 26.5. The SMILES string of the molecule is CCCCCCCCN=c1ccn(CCCCCCCCCCN2C=CC([N+]CCCCCCCC)=CC2)cc1. The molecular formula is C36H63N4+. The van der Waals surface area contributed by atoms with Gasteiger partial charge < -0.3 is 9.47 Å². The average Bonchev–Trinajstić information content (AvgIpc) is 2.98. The Morgan fingerprint density at radius 1 is 0.650 bits per heavy atom. The Morgan fingerprint density at radius 2 is 1.20 bits per heavy atom. The van der Waals surface area contributed by atoms with E-state index in [-0.39, 0.29) is 0 Å². The molecule has 4 nitrogen and oxygen atoms in total. The number of hydrogen-bond acceptors (Lipinski definition) is 2. The number of aromatic nitrogens is 1. The maximum absolute atomic E-state index is 4.77. The van der Waals surface area contributed by atoms with Crippen molar-refractivity contribution in [1.29, 1.82) is 0 Å². The molecule has 0 saturated carbocycles. The van der Waals surface area contributed by atoms with Crippen molar-refractivity contribution in [3.63, 3.8) is 0 Å². The quantitative estimate of drug-likeness (QED) is 0.106. The van der Waals surface area contributed by atoms with E-state index in [0.717, 1.165) is 31.5 Å². The molecule has 1 aliphatic rings. The maximum atomic E-state index is 4.77. The number of hydrogen-bond donors (Lipinski definition) is 0. The summed E-state index contributed by atoms with van der Waals surface area (Å²) in [5.74, 6) is 0. The van der Waals surface area contributed by atoms with Gasteiger partial charge in [0, 0.05) is 63.3 Å². The van der Waals surface area contributed by atoms with Gasteiger partial charge in [-0.05, 0) is 37.8 Å². The molecule has 226 valence electrons. The van der Waals surface area contributed by atoms with Gasteiger partial charge in [0.1, 0.15) is 5.32 Å². The van der Waals surface area contributed by atoms with Crippen molar-refractivity contribution in [1.82, 2.24) is 14.8 Å². The Bertz CT molecular complexity index is 817. The molecule has 40 heavy (non-hydrogen) atoms. The van der Waals surface area contributed by atoms with Crippen LogP contribution in [0.15, 0.2) is 53.6 Å². The summed E-state index contributed by atoms with van der Waals surface area (Å²) in [6, 6.07) is 4.36. The average molecular weight is 552 g/mol. The summed E-state index contributed by atoms with van der Waals surface area (Å²) in [6.45, 7) is 9.85. The monoisotopic (exact) mass is 552 g/mol. The fraction of sp³-hybridized carbons (Fsp3) is 0.750. The molecule has 2 radical (unpaired) electrons. The molecule has 0 spiro atoms. The second-order valence-electron chi connectivity index (χ2n) is 11.9. The van der Waals surface area contributed by atoms with Crippen molar-refractivity contribution in [3.05, 3.63) is 53.9 Å². The zero-order valence-electron chi connectivity index (χ0n) is 26.5. The molecule has 1 aromatic rings. The molecular weight excluding hydrogens is 488 g/mol. The molecule has 1 aliphatic heterocycles. The highest BCUT2D eigenvalue weighted by molar-refractivity contribution is 5.20. The van der Waals surface area contributed by atoms with Gasteiger partial charge in [0.25, 0.3) is 0 Å². The lowest BCUT2D eigenvalue weighted by molar-refractivity contribution is 0.388. The number of aryl methyl sites for hydroxylation is 1. The van der Waals surface area contributed by atoms with Crippen LogP contribution in [-0.2, 0) is 6.54 Å². The summed E-state index contributed by atoms with van der Waals surface area (Å²) >= 11 is 0. The van der Waals surface area contributed by atoms with Crippen molar-refractivity contribution in [3.8, 4) is 0 Å². The first-order valence-electron chi connectivity index (χ1n) is 17.3. The van der Waals surface area contributed by atoms with E-state index in [1.54, 1.807) is 0 Å². The molecule has 0 atom stereocenters. The van der Waals surface area contributed by atoms with Gasteiger partial charge in [-0.3, -0.25) is 4.99 Å². The topological polar surface area (TPSA) is 34.6 Å². The third-order valence-corrected chi connectivity index (χ3v) is 8.09. The van der Waals surface area contributed by atoms with Crippen molar-refractivity contribution >= 4 is 0 Å². The highest BCUT2D eigenvalue weighted by Crippen LogP contribution is 2.12. The number of pyridine rings is 1. The summed E-state index contributed by atoms with van der Waals surface area (Å²) in [5.41, 5.74) is 1.19. The molecule has 2 heterocycles. The number of unbranched alkanes of at least 4 members (excludes halogenated alkanes) is 17. The van der Waals surface area contributed by atoms with Crippen LogP contribution >= 0.6 is 0 Å². The fourth-order valence-corrected chi connectivity index (χ4v) is 5.38. The molecule has 0 amide bonds. The van der Waals surface area contributed by atoms with E-state index < -0.39 is 0 Å². The molecule has 4 heteroatoms. The lowest BCUT2D eigenvalue weighted by Gasteiger charge is -2.20. The minimum absolute atomic E-state index is 0.972. The van der Waals surface area contributed by atoms with Crippen LogP contribution in [-0.4, -0.2) is 35.6 Å². The van der Waals surface area contributed by atoms with E-state index >= 15 is 0 Å². The summed E-state index contributed by atoms with van der Waals surface area (Å²) in [7, 11) is 0. The van der Waals surface area contributed by atoms with Crippen molar-refractivity contribution in [2.75, 3.05) is 26.2 Å². The van der Waals surface area contributed by atoms with Gasteiger partial charge in [-0.25, -0.2) is 0 Å². The summed E-state index contributed by atoms with van der Waals surface area (Å²) in [5, 5.41) is 5.91. The largest absolute Gasteiger partial charge is 0.373 e. The second kappa shape index (κ2) is 24.9. The molecule has 0 saturated heterocycles. The summed E-state index contributed by atoms with van der Waals surface area (Å²) < 4.78 is 2.32. The van der Waals surface area contributed by atoms with Gasteiger partial charge in [0.05, 0.1) is 5.36 Å². The van der Waals surface area contributed by atoms with Gasteiger partial charge in [0.2, 0.25) is 5.70 Å². The molecule has 0 fully saturated rings. The predicted octanol–water partition coefficient (Wildman–Crippen LogP) is 9.55. The molecule has 0 aromatic carbocycles. The second-order valence-corrected chi connectivity index (χ2v) is 11.9. The number of rotatable bonds is 26. The Balaban J connectivity index is 1.37. The molecule has 0 aliphatic carbocycles. The van der Waals surface area contributed by atoms with Crippen molar-refractivity contribution in [2.24, 2.45) is 4.99 Å². The van der Waals surface area contributed by atoms with E-state index in [4.69, 9.17) is 10.3 Å². The maximum Gasteiger partial charge on any atom is 0.244 e. The molecule has 0 unspecified atom stereocenters.